The van der Waals surface area contributed by atoms with E-state index in [4.69, 9.17) is 9.47 Å². The van der Waals surface area contributed by atoms with Gasteiger partial charge in [0.2, 0.25) is 0 Å². The maximum atomic E-state index is 12.4. The van der Waals surface area contributed by atoms with Crippen LogP contribution in [0, 0.1) is 11.3 Å². The molecule has 1 saturated heterocycles. The van der Waals surface area contributed by atoms with Crippen LogP contribution in [0.25, 0.3) is 22.2 Å². The van der Waals surface area contributed by atoms with Crippen LogP contribution in [0.2, 0.25) is 0 Å². The van der Waals surface area contributed by atoms with Crippen LogP contribution in [-0.4, -0.2) is 41.2 Å². The van der Waals surface area contributed by atoms with Crippen LogP contribution in [0.3, 0.4) is 0 Å². The lowest BCUT2D eigenvalue weighted by Crippen LogP contribution is -2.30. The molecule has 154 valence electrons. The maximum Gasteiger partial charge on any atom is 0.267 e. The van der Waals surface area contributed by atoms with Gasteiger partial charge in [-0.2, -0.15) is 5.26 Å². The zero-order chi connectivity index (χ0) is 21.1. The highest BCUT2D eigenvalue weighted by atomic mass is 16.5. The number of nitriles is 1. The fourth-order valence-corrected chi connectivity index (χ4v) is 3.60. The van der Waals surface area contributed by atoms with Crippen LogP contribution in [-0.2, 0) is 4.74 Å². The number of fused-ring (bicyclic) bond motifs is 1. The van der Waals surface area contributed by atoms with Crippen molar-refractivity contribution >= 4 is 16.9 Å². The molecule has 7 nitrogen and oxygen atoms in total. The van der Waals surface area contributed by atoms with Gasteiger partial charge in [-0.25, -0.2) is 4.98 Å². The Bertz CT molecular complexity index is 1110. The second-order valence-electron chi connectivity index (χ2n) is 7.68. The van der Waals surface area contributed by atoms with Crippen molar-refractivity contribution in [3.05, 3.63) is 47.8 Å². The molecule has 0 radical (unpaired) electrons. The molecule has 0 aliphatic carbocycles. The molecule has 1 amide bonds. The number of benzene rings is 1. The van der Waals surface area contributed by atoms with E-state index < -0.39 is 0 Å². The third-order valence-corrected chi connectivity index (χ3v) is 5.07. The van der Waals surface area contributed by atoms with E-state index in [0.29, 0.717) is 35.9 Å². The normalized spacial score (nSPS) is 14.6. The number of nitrogens with zero attached hydrogens (tertiary/aromatic N) is 2. The predicted molar refractivity (Wildman–Crippen MR) is 113 cm³/mol. The van der Waals surface area contributed by atoms with Crippen LogP contribution in [0.1, 0.15) is 42.7 Å². The van der Waals surface area contributed by atoms with Crippen LogP contribution in [0.15, 0.2) is 36.5 Å². The smallest absolute Gasteiger partial charge is 0.267 e. The zero-order valence-corrected chi connectivity index (χ0v) is 17.1. The molecule has 1 fully saturated rings. The predicted octanol–water partition coefficient (Wildman–Crippen LogP) is 3.80. The molecule has 0 atom stereocenters. The first-order valence-electron chi connectivity index (χ1n) is 10.1. The Balaban J connectivity index is 1.67. The summed E-state index contributed by atoms with van der Waals surface area (Å²) in [6.07, 6.45) is 3.40. The fraction of sp³-hybridized carbons (Fsp3) is 0.348. The Labute approximate surface area is 175 Å². The Kier molecular flexibility index (Phi) is 5.68. The molecule has 1 aliphatic heterocycles. The van der Waals surface area contributed by atoms with Gasteiger partial charge in [-0.05, 0) is 49.2 Å². The summed E-state index contributed by atoms with van der Waals surface area (Å²) < 4.78 is 11.4. The molecule has 7 heteroatoms. The monoisotopic (exact) mass is 404 g/mol. The van der Waals surface area contributed by atoms with Gasteiger partial charge in [-0.15, -0.1) is 0 Å². The summed E-state index contributed by atoms with van der Waals surface area (Å²) in [6, 6.07) is 11.6. The molecule has 3 heterocycles. The number of pyridine rings is 1. The summed E-state index contributed by atoms with van der Waals surface area (Å²) in [6.45, 7) is 5.19. The van der Waals surface area contributed by atoms with Crippen molar-refractivity contribution < 1.29 is 14.3 Å². The van der Waals surface area contributed by atoms with Crippen LogP contribution < -0.4 is 10.1 Å². The van der Waals surface area contributed by atoms with Crippen molar-refractivity contribution in [2.24, 2.45) is 0 Å². The number of H-pyrrole nitrogens is 1. The van der Waals surface area contributed by atoms with Crippen molar-refractivity contribution in [1.82, 2.24) is 15.3 Å². The molecule has 2 N–H and O–H groups in total. The van der Waals surface area contributed by atoms with Gasteiger partial charge in [-0.3, -0.25) is 4.79 Å². The van der Waals surface area contributed by atoms with E-state index in [9.17, 15) is 10.1 Å². The number of nitrogens with one attached hydrogen (secondary N) is 2. The molecule has 0 saturated carbocycles. The molecule has 0 bridgehead atoms. The first-order valence-corrected chi connectivity index (χ1v) is 10.1. The van der Waals surface area contributed by atoms with Crippen molar-refractivity contribution in [3.63, 3.8) is 0 Å². The number of aromatic amines is 1. The molecular formula is C23H24N4O3. The van der Waals surface area contributed by atoms with Gasteiger partial charge in [-0.1, -0.05) is 6.07 Å². The SMILES string of the molecule is CC(C)NC(=O)c1cc2c(-c3ccc(OC4CCOCC4)c(C#N)c3)ccnc2[nH]1. The van der Waals surface area contributed by atoms with Crippen LogP contribution in [0.4, 0.5) is 0 Å². The minimum absolute atomic E-state index is 0.0396. The third kappa shape index (κ3) is 4.14. The summed E-state index contributed by atoms with van der Waals surface area (Å²) in [5.41, 5.74) is 3.33. The lowest BCUT2D eigenvalue weighted by Gasteiger charge is -2.23. The van der Waals surface area contributed by atoms with Gasteiger partial charge in [0, 0.05) is 30.5 Å². The van der Waals surface area contributed by atoms with E-state index in [1.165, 1.54) is 0 Å². The largest absolute Gasteiger partial charge is 0.489 e. The highest BCUT2D eigenvalue weighted by Gasteiger charge is 2.18. The van der Waals surface area contributed by atoms with E-state index in [0.717, 1.165) is 29.4 Å². The summed E-state index contributed by atoms with van der Waals surface area (Å²) in [4.78, 5) is 19.8. The second kappa shape index (κ2) is 8.56. The summed E-state index contributed by atoms with van der Waals surface area (Å²) in [5, 5.41) is 13.4. The first kappa shape index (κ1) is 19.9. The lowest BCUT2D eigenvalue weighted by molar-refractivity contribution is 0.0254. The first-order chi connectivity index (χ1) is 14.5. The van der Waals surface area contributed by atoms with Crippen molar-refractivity contribution in [2.45, 2.75) is 38.8 Å². The van der Waals surface area contributed by atoms with E-state index in [1.807, 2.05) is 38.1 Å². The molecule has 30 heavy (non-hydrogen) atoms. The minimum atomic E-state index is -0.174. The van der Waals surface area contributed by atoms with Gasteiger partial charge in [0.05, 0.1) is 18.8 Å². The molecule has 4 rings (SSSR count). The summed E-state index contributed by atoms with van der Waals surface area (Å²) in [7, 11) is 0. The summed E-state index contributed by atoms with van der Waals surface area (Å²) >= 11 is 0. The quantitative estimate of drug-likeness (QED) is 0.674. The van der Waals surface area contributed by atoms with Gasteiger partial charge < -0.3 is 19.8 Å². The highest BCUT2D eigenvalue weighted by molar-refractivity contribution is 6.01. The van der Waals surface area contributed by atoms with Crippen molar-refractivity contribution in [2.75, 3.05) is 13.2 Å². The Morgan fingerprint density at radius 3 is 2.83 bits per heavy atom. The Morgan fingerprint density at radius 1 is 1.30 bits per heavy atom. The molecule has 1 aliphatic rings. The maximum absolute atomic E-state index is 12.4. The number of carbonyl (C=O) groups excluding carboxylic acids is 1. The van der Waals surface area contributed by atoms with Crippen LogP contribution >= 0.6 is 0 Å². The fourth-order valence-electron chi connectivity index (χ4n) is 3.60. The summed E-state index contributed by atoms with van der Waals surface area (Å²) in [5.74, 6) is 0.413. The average molecular weight is 404 g/mol. The zero-order valence-electron chi connectivity index (χ0n) is 17.1. The Morgan fingerprint density at radius 2 is 2.10 bits per heavy atom. The van der Waals surface area contributed by atoms with Crippen molar-refractivity contribution in [3.8, 4) is 22.9 Å². The number of ether oxygens (including phenoxy) is 2. The molecule has 1 aromatic carbocycles. The number of hydrogen-bond acceptors (Lipinski definition) is 5. The van der Waals surface area contributed by atoms with E-state index in [-0.39, 0.29) is 18.1 Å². The lowest BCUT2D eigenvalue weighted by atomic mass is 10.0. The molecule has 0 spiro atoms. The Hall–Kier alpha value is -3.37. The van der Waals surface area contributed by atoms with Gasteiger partial charge in [0.15, 0.2) is 0 Å². The number of rotatable bonds is 5. The molecule has 2 aromatic heterocycles. The van der Waals surface area contributed by atoms with Gasteiger partial charge >= 0.3 is 0 Å². The van der Waals surface area contributed by atoms with E-state index >= 15 is 0 Å². The van der Waals surface area contributed by atoms with E-state index in [2.05, 4.69) is 21.4 Å². The number of hydrogen-bond donors (Lipinski definition) is 2. The molecule has 3 aromatic rings. The molecule has 0 unspecified atom stereocenters. The van der Waals surface area contributed by atoms with Gasteiger partial charge in [0.1, 0.15) is 29.3 Å². The minimum Gasteiger partial charge on any atom is -0.489 e. The standard InChI is InChI=1S/C23H24N4O3/c1-14(2)26-23(28)20-12-19-18(5-8-25-22(19)27-20)15-3-4-21(16(11-15)13-24)30-17-6-9-29-10-7-17/h3-5,8,11-12,14,17H,6-7,9-10H2,1-2H3,(H,25,27)(H,26,28). The topological polar surface area (TPSA) is 100 Å². The number of amides is 1. The average Bonchev–Trinajstić information content (AvgIpc) is 3.19. The highest BCUT2D eigenvalue weighted by Crippen LogP contribution is 2.32. The second-order valence-corrected chi connectivity index (χ2v) is 7.68. The van der Waals surface area contributed by atoms with Crippen LogP contribution in [0.5, 0.6) is 5.75 Å². The van der Waals surface area contributed by atoms with Gasteiger partial charge in [0.25, 0.3) is 5.91 Å². The number of aromatic nitrogens is 2. The third-order valence-electron chi connectivity index (χ3n) is 5.07. The number of carbonyl (C=O) groups is 1. The van der Waals surface area contributed by atoms with Crippen molar-refractivity contribution in [1.29, 1.82) is 5.26 Å². The van der Waals surface area contributed by atoms with E-state index in [1.54, 1.807) is 12.3 Å². The molecular weight excluding hydrogens is 380 g/mol.